The molecule has 0 amide bonds. The van der Waals surface area contributed by atoms with Crippen LogP contribution in [0.3, 0.4) is 0 Å². The standard InChI is InChI=1S/C13H25F4N2O3P/c1-8(2)11(19(7)12(14)18-13(15,16)17)23(20,21-9(3)4)22-10(5)6/h8-11H,1-7H3/b18-12+. The van der Waals surface area contributed by atoms with Crippen LogP contribution in [0.2, 0.25) is 0 Å². The largest absolute Gasteiger partial charge is 0.506 e. The number of amidine groups is 1. The molecule has 0 bridgehead atoms. The molecule has 0 saturated carbocycles. The number of rotatable bonds is 7. The van der Waals surface area contributed by atoms with Gasteiger partial charge in [0, 0.05) is 7.05 Å². The van der Waals surface area contributed by atoms with Crippen LogP contribution >= 0.6 is 7.60 Å². The van der Waals surface area contributed by atoms with Crippen molar-refractivity contribution < 1.29 is 31.2 Å². The highest BCUT2D eigenvalue weighted by Crippen LogP contribution is 2.58. The lowest BCUT2D eigenvalue weighted by Crippen LogP contribution is -2.41. The van der Waals surface area contributed by atoms with Crippen LogP contribution < -0.4 is 0 Å². The van der Waals surface area contributed by atoms with Crippen molar-refractivity contribution in [1.29, 1.82) is 0 Å². The van der Waals surface area contributed by atoms with E-state index >= 15 is 0 Å². The zero-order valence-corrected chi connectivity index (χ0v) is 15.3. The Morgan fingerprint density at radius 2 is 1.43 bits per heavy atom. The van der Waals surface area contributed by atoms with E-state index in [-0.39, 0.29) is 0 Å². The van der Waals surface area contributed by atoms with Gasteiger partial charge in [-0.05, 0) is 33.6 Å². The van der Waals surface area contributed by atoms with Crippen molar-refractivity contribution in [2.24, 2.45) is 10.9 Å². The van der Waals surface area contributed by atoms with Crippen molar-refractivity contribution in [2.75, 3.05) is 7.05 Å². The van der Waals surface area contributed by atoms with Gasteiger partial charge in [0.15, 0.2) is 0 Å². The summed E-state index contributed by atoms with van der Waals surface area (Å²) < 4.78 is 74.4. The van der Waals surface area contributed by atoms with Crippen LogP contribution in [0, 0.1) is 5.92 Å². The summed E-state index contributed by atoms with van der Waals surface area (Å²) in [6.45, 7) is 9.59. The normalized spacial score (nSPS) is 15.7. The maximum absolute atomic E-state index is 13.8. The fraction of sp³-hybridized carbons (Fsp3) is 0.923. The summed E-state index contributed by atoms with van der Waals surface area (Å²) in [7, 11) is -2.90. The van der Waals surface area contributed by atoms with E-state index in [4.69, 9.17) is 9.05 Å². The van der Waals surface area contributed by atoms with E-state index in [9.17, 15) is 22.1 Å². The fourth-order valence-electron chi connectivity index (χ4n) is 2.05. The van der Waals surface area contributed by atoms with Gasteiger partial charge in [0.2, 0.25) is 0 Å². The molecule has 0 fully saturated rings. The highest BCUT2D eigenvalue weighted by molar-refractivity contribution is 7.54. The second-order valence-electron chi connectivity index (χ2n) is 5.97. The van der Waals surface area contributed by atoms with Gasteiger partial charge in [0.25, 0.3) is 6.09 Å². The minimum atomic E-state index is -5.07. The van der Waals surface area contributed by atoms with Crippen LogP contribution in [0.15, 0.2) is 4.99 Å². The Labute approximate surface area is 134 Å². The molecule has 0 rings (SSSR count). The van der Waals surface area contributed by atoms with Crippen LogP contribution in [0.1, 0.15) is 41.5 Å². The Hall–Kier alpha value is -0.660. The summed E-state index contributed by atoms with van der Waals surface area (Å²) in [5.74, 6) is -1.77. The highest BCUT2D eigenvalue weighted by atomic mass is 31.2. The molecule has 0 spiro atoms. The smallest absolute Gasteiger partial charge is 0.321 e. The molecule has 0 saturated heterocycles. The van der Waals surface area contributed by atoms with Crippen molar-refractivity contribution in [3.63, 3.8) is 0 Å². The average molecular weight is 364 g/mol. The van der Waals surface area contributed by atoms with E-state index in [1.54, 1.807) is 41.5 Å². The summed E-state index contributed by atoms with van der Waals surface area (Å²) in [6.07, 6.45) is -7.90. The van der Waals surface area contributed by atoms with Gasteiger partial charge in [0.1, 0.15) is 5.78 Å². The van der Waals surface area contributed by atoms with Crippen LogP contribution in [0.4, 0.5) is 17.6 Å². The minimum absolute atomic E-state index is 0.516. The van der Waals surface area contributed by atoms with Gasteiger partial charge in [-0.1, -0.05) is 13.8 Å². The van der Waals surface area contributed by atoms with Crippen molar-refractivity contribution in [3.05, 3.63) is 0 Å². The van der Waals surface area contributed by atoms with Crippen molar-refractivity contribution in [1.82, 2.24) is 4.90 Å². The molecule has 0 heterocycles. The van der Waals surface area contributed by atoms with Gasteiger partial charge in [-0.25, -0.2) is 0 Å². The first kappa shape index (κ1) is 22.3. The molecule has 0 aliphatic carbocycles. The number of hydrogen-bond acceptors (Lipinski definition) is 4. The average Bonchev–Trinajstić information content (AvgIpc) is 2.22. The first-order valence-corrected chi connectivity index (χ1v) is 8.82. The Bertz CT molecular complexity index is 439. The Balaban J connectivity index is 5.80. The molecule has 1 atom stereocenters. The molecule has 0 N–H and O–H groups in total. The zero-order chi connectivity index (χ0) is 18.6. The van der Waals surface area contributed by atoms with E-state index in [1.165, 1.54) is 0 Å². The molecule has 0 radical (unpaired) electrons. The first-order chi connectivity index (χ1) is 10.2. The van der Waals surface area contributed by atoms with E-state index in [1.807, 2.05) is 4.99 Å². The molecule has 0 aliphatic heterocycles. The molecule has 0 aromatic carbocycles. The van der Waals surface area contributed by atoms with Gasteiger partial charge in [0.05, 0.1) is 12.2 Å². The maximum Gasteiger partial charge on any atom is 0.506 e. The Morgan fingerprint density at radius 3 is 1.70 bits per heavy atom. The number of alkyl halides is 3. The van der Waals surface area contributed by atoms with Gasteiger partial charge < -0.3 is 13.9 Å². The van der Waals surface area contributed by atoms with E-state index in [0.29, 0.717) is 4.90 Å². The number of halogens is 4. The van der Waals surface area contributed by atoms with E-state index < -0.39 is 43.9 Å². The first-order valence-electron chi connectivity index (χ1n) is 7.21. The third-order valence-corrected chi connectivity index (χ3v) is 5.56. The Kier molecular flexibility index (Phi) is 8.20. The van der Waals surface area contributed by atoms with Gasteiger partial charge in [-0.2, -0.15) is 4.39 Å². The van der Waals surface area contributed by atoms with E-state index in [2.05, 4.69) is 0 Å². The van der Waals surface area contributed by atoms with Crippen LogP contribution in [-0.4, -0.2) is 42.3 Å². The maximum atomic E-state index is 13.8. The van der Waals surface area contributed by atoms with Crippen molar-refractivity contribution in [3.8, 4) is 0 Å². The number of aliphatic imine (C=N–C) groups is 1. The highest BCUT2D eigenvalue weighted by Gasteiger charge is 2.44. The summed E-state index contributed by atoms with van der Waals surface area (Å²) >= 11 is 0. The minimum Gasteiger partial charge on any atom is -0.321 e. The monoisotopic (exact) mass is 364 g/mol. The van der Waals surface area contributed by atoms with Gasteiger partial charge in [-0.15, -0.1) is 18.2 Å². The molecule has 0 aromatic rings. The molecule has 0 aliphatic rings. The van der Waals surface area contributed by atoms with Crippen molar-refractivity contribution >= 4 is 13.7 Å². The lowest BCUT2D eigenvalue weighted by Gasteiger charge is -2.37. The molecular weight excluding hydrogens is 339 g/mol. The molecule has 5 nitrogen and oxygen atoms in total. The van der Waals surface area contributed by atoms with E-state index in [0.717, 1.165) is 7.05 Å². The lowest BCUT2D eigenvalue weighted by atomic mass is 10.2. The third-order valence-electron chi connectivity index (χ3n) is 2.54. The molecule has 138 valence electrons. The van der Waals surface area contributed by atoms with Crippen LogP contribution in [-0.2, 0) is 13.6 Å². The summed E-state index contributed by atoms with van der Waals surface area (Å²) in [5, 5.41) is 0. The fourth-order valence-corrected chi connectivity index (χ4v) is 4.78. The van der Waals surface area contributed by atoms with Gasteiger partial charge >= 0.3 is 13.9 Å². The molecule has 10 heteroatoms. The summed E-state index contributed by atoms with van der Waals surface area (Å²) in [5.41, 5.74) is 0. The second kappa shape index (κ2) is 8.44. The second-order valence-corrected chi connectivity index (χ2v) is 8.00. The molecule has 23 heavy (non-hydrogen) atoms. The zero-order valence-electron chi connectivity index (χ0n) is 14.4. The predicted octanol–water partition coefficient (Wildman–Crippen LogP) is 4.79. The molecule has 0 aromatic heterocycles. The number of hydrogen-bond donors (Lipinski definition) is 0. The summed E-state index contributed by atoms with van der Waals surface area (Å²) in [4.78, 5) is 2.59. The van der Waals surface area contributed by atoms with Crippen LogP contribution in [0.25, 0.3) is 0 Å². The molecular formula is C13H25F4N2O3P. The third kappa shape index (κ3) is 7.63. The molecule has 1 unspecified atom stereocenters. The quantitative estimate of drug-likeness (QED) is 0.214. The summed E-state index contributed by atoms with van der Waals surface area (Å²) in [6, 6.07) is 0. The van der Waals surface area contributed by atoms with Crippen LogP contribution in [0.5, 0.6) is 0 Å². The SMILES string of the molecule is CC(C)OP(=O)(OC(C)C)C(C(C)C)N(C)/C(F)=N/C(F)(F)F. The topological polar surface area (TPSA) is 51.1 Å². The Morgan fingerprint density at radius 1 is 1.04 bits per heavy atom. The van der Waals surface area contributed by atoms with Crippen molar-refractivity contribution in [2.45, 2.75) is 65.8 Å². The predicted molar refractivity (Wildman–Crippen MR) is 81.0 cm³/mol. The number of nitrogens with zero attached hydrogens (tertiary/aromatic N) is 2. The van der Waals surface area contributed by atoms with Gasteiger partial charge in [-0.3, -0.25) is 4.57 Å². The lowest BCUT2D eigenvalue weighted by molar-refractivity contribution is -0.121.